The van der Waals surface area contributed by atoms with Crippen LogP contribution < -0.4 is 0 Å². The van der Waals surface area contributed by atoms with E-state index in [1.165, 1.54) is 6.92 Å². The van der Waals surface area contributed by atoms with Crippen molar-refractivity contribution in [2.45, 2.75) is 27.2 Å². The summed E-state index contributed by atoms with van der Waals surface area (Å²) in [5, 5.41) is 20.3. The Hall–Kier alpha value is -1.37. The standard InChI is InChI=1S/C10H14N2O2/c1-6(13)9(12-14)8-7(4-5-11)10(8,2)3/h7-8,14H,4H2,1-3H3/b12-9-/t7-,8-/m0/s1. The van der Waals surface area contributed by atoms with Crippen molar-refractivity contribution in [1.82, 2.24) is 0 Å². The lowest BCUT2D eigenvalue weighted by atomic mass is 10.0. The predicted octanol–water partition coefficient (Wildman–Crippen LogP) is 1.59. The maximum Gasteiger partial charge on any atom is 0.177 e. The molecule has 0 bridgehead atoms. The van der Waals surface area contributed by atoms with E-state index in [2.05, 4.69) is 11.2 Å². The second-order valence-electron chi connectivity index (χ2n) is 4.31. The first-order chi connectivity index (χ1) is 6.46. The summed E-state index contributed by atoms with van der Waals surface area (Å²) in [4.78, 5) is 11.1. The molecular formula is C10H14N2O2. The van der Waals surface area contributed by atoms with Gasteiger partial charge in [-0.15, -0.1) is 0 Å². The van der Waals surface area contributed by atoms with E-state index in [-0.39, 0.29) is 28.7 Å². The number of Topliss-reactive ketones (excluding diaryl/α,β-unsaturated/α-hetero) is 1. The first-order valence-corrected chi connectivity index (χ1v) is 4.56. The van der Waals surface area contributed by atoms with Gasteiger partial charge in [-0.2, -0.15) is 5.26 Å². The summed E-state index contributed by atoms with van der Waals surface area (Å²) >= 11 is 0. The summed E-state index contributed by atoms with van der Waals surface area (Å²) in [6.45, 7) is 5.34. The number of rotatable bonds is 3. The van der Waals surface area contributed by atoms with Crippen LogP contribution in [0, 0.1) is 28.6 Å². The van der Waals surface area contributed by atoms with Crippen molar-refractivity contribution in [3.8, 4) is 6.07 Å². The van der Waals surface area contributed by atoms with E-state index in [0.717, 1.165) is 0 Å². The second-order valence-corrected chi connectivity index (χ2v) is 4.31. The first-order valence-electron chi connectivity index (χ1n) is 4.56. The third-order valence-electron chi connectivity index (χ3n) is 3.12. The zero-order valence-electron chi connectivity index (χ0n) is 8.61. The van der Waals surface area contributed by atoms with Crippen molar-refractivity contribution in [3.63, 3.8) is 0 Å². The van der Waals surface area contributed by atoms with Crippen LogP contribution >= 0.6 is 0 Å². The molecule has 0 aliphatic heterocycles. The molecule has 0 aromatic heterocycles. The van der Waals surface area contributed by atoms with Crippen LogP contribution in [0.15, 0.2) is 5.16 Å². The minimum absolute atomic E-state index is 0.0651. The Bertz CT molecular complexity index is 326. The van der Waals surface area contributed by atoms with Crippen molar-refractivity contribution in [3.05, 3.63) is 0 Å². The summed E-state index contributed by atoms with van der Waals surface area (Å²) in [5.41, 5.74) is 0.110. The van der Waals surface area contributed by atoms with E-state index in [4.69, 9.17) is 10.5 Å². The maximum atomic E-state index is 11.1. The molecule has 14 heavy (non-hydrogen) atoms. The minimum Gasteiger partial charge on any atom is -0.411 e. The van der Waals surface area contributed by atoms with Crippen molar-refractivity contribution >= 4 is 11.5 Å². The fourth-order valence-corrected chi connectivity index (χ4v) is 2.12. The summed E-state index contributed by atoms with van der Waals surface area (Å²) in [5.74, 6) is -0.141. The van der Waals surface area contributed by atoms with E-state index in [0.29, 0.717) is 6.42 Å². The molecule has 0 heterocycles. The van der Waals surface area contributed by atoms with Crippen molar-refractivity contribution in [2.24, 2.45) is 22.4 Å². The van der Waals surface area contributed by atoms with Crippen LogP contribution in [-0.4, -0.2) is 16.7 Å². The third kappa shape index (κ3) is 1.50. The van der Waals surface area contributed by atoms with Crippen molar-refractivity contribution in [1.29, 1.82) is 5.26 Å². The molecule has 1 fully saturated rings. The predicted molar refractivity (Wildman–Crippen MR) is 50.9 cm³/mol. The molecule has 0 unspecified atom stereocenters. The highest BCUT2D eigenvalue weighted by molar-refractivity contribution is 6.40. The van der Waals surface area contributed by atoms with Gasteiger partial charge in [0.15, 0.2) is 5.78 Å². The Morgan fingerprint density at radius 2 is 2.21 bits per heavy atom. The number of nitriles is 1. The van der Waals surface area contributed by atoms with Crippen LogP contribution in [0.3, 0.4) is 0 Å². The molecule has 0 radical (unpaired) electrons. The van der Waals surface area contributed by atoms with Crippen molar-refractivity contribution in [2.75, 3.05) is 0 Å². The van der Waals surface area contributed by atoms with Gasteiger partial charge in [0.1, 0.15) is 5.71 Å². The molecule has 0 saturated heterocycles. The number of hydrogen-bond donors (Lipinski definition) is 1. The molecule has 4 nitrogen and oxygen atoms in total. The molecule has 1 aliphatic carbocycles. The fraction of sp³-hybridized carbons (Fsp3) is 0.700. The maximum absolute atomic E-state index is 11.1. The molecule has 0 spiro atoms. The summed E-state index contributed by atoms with van der Waals surface area (Å²) in [6, 6.07) is 2.09. The lowest BCUT2D eigenvalue weighted by Gasteiger charge is -2.01. The van der Waals surface area contributed by atoms with E-state index >= 15 is 0 Å². The lowest BCUT2D eigenvalue weighted by Crippen LogP contribution is -2.15. The Kier molecular flexibility index (Phi) is 2.61. The zero-order chi connectivity index (χ0) is 10.9. The zero-order valence-corrected chi connectivity index (χ0v) is 8.61. The van der Waals surface area contributed by atoms with Gasteiger partial charge in [-0.25, -0.2) is 0 Å². The Morgan fingerprint density at radius 1 is 1.64 bits per heavy atom. The van der Waals surface area contributed by atoms with E-state index in [1.54, 1.807) is 0 Å². The molecule has 1 N–H and O–H groups in total. The highest BCUT2D eigenvalue weighted by Gasteiger charge is 2.60. The molecular weight excluding hydrogens is 180 g/mol. The Balaban J connectivity index is 2.83. The van der Waals surface area contributed by atoms with Crippen LogP contribution in [0.1, 0.15) is 27.2 Å². The van der Waals surface area contributed by atoms with E-state index < -0.39 is 0 Å². The fourth-order valence-electron chi connectivity index (χ4n) is 2.12. The van der Waals surface area contributed by atoms with Gasteiger partial charge in [-0.3, -0.25) is 4.79 Å². The molecule has 1 rings (SSSR count). The van der Waals surface area contributed by atoms with Gasteiger partial charge in [0.25, 0.3) is 0 Å². The molecule has 76 valence electrons. The third-order valence-corrected chi connectivity index (χ3v) is 3.12. The molecule has 1 aliphatic rings. The average Bonchev–Trinajstić information content (AvgIpc) is 2.58. The Labute approximate surface area is 83.2 Å². The summed E-state index contributed by atoms with van der Waals surface area (Å²) < 4.78 is 0. The minimum atomic E-state index is -0.217. The van der Waals surface area contributed by atoms with Gasteiger partial charge in [-0.1, -0.05) is 19.0 Å². The number of oxime groups is 1. The van der Waals surface area contributed by atoms with Gasteiger partial charge < -0.3 is 5.21 Å². The van der Waals surface area contributed by atoms with Crippen LogP contribution in [0.2, 0.25) is 0 Å². The number of carbonyl (C=O) groups excluding carboxylic acids is 1. The largest absolute Gasteiger partial charge is 0.411 e. The molecule has 2 atom stereocenters. The van der Waals surface area contributed by atoms with Crippen LogP contribution in [0.25, 0.3) is 0 Å². The van der Waals surface area contributed by atoms with Gasteiger partial charge in [0, 0.05) is 19.3 Å². The highest BCUT2D eigenvalue weighted by atomic mass is 16.4. The molecule has 1 saturated carbocycles. The number of nitrogens with zero attached hydrogens (tertiary/aromatic N) is 2. The van der Waals surface area contributed by atoms with Gasteiger partial charge >= 0.3 is 0 Å². The quantitative estimate of drug-likeness (QED) is 0.421. The van der Waals surface area contributed by atoms with Gasteiger partial charge in [0.05, 0.1) is 6.07 Å². The number of ketones is 1. The molecule has 4 heteroatoms. The summed E-state index contributed by atoms with van der Waals surface area (Å²) in [7, 11) is 0. The molecule has 0 aromatic carbocycles. The Morgan fingerprint density at radius 3 is 2.57 bits per heavy atom. The van der Waals surface area contributed by atoms with Crippen LogP contribution in [0.4, 0.5) is 0 Å². The normalized spacial score (nSPS) is 29.4. The topological polar surface area (TPSA) is 73.4 Å². The lowest BCUT2D eigenvalue weighted by molar-refractivity contribution is -0.111. The monoisotopic (exact) mass is 194 g/mol. The first kappa shape index (κ1) is 10.7. The molecule has 0 amide bonds. The van der Waals surface area contributed by atoms with Crippen molar-refractivity contribution < 1.29 is 10.0 Å². The smallest absolute Gasteiger partial charge is 0.177 e. The highest BCUT2D eigenvalue weighted by Crippen LogP contribution is 2.60. The SMILES string of the molecule is CC(=O)/C(=N/O)[C@@H]1[C@H](CC#N)C1(C)C. The summed E-state index contributed by atoms with van der Waals surface area (Å²) in [6.07, 6.45) is 0.407. The number of carbonyl (C=O) groups is 1. The van der Waals surface area contributed by atoms with Crippen LogP contribution in [-0.2, 0) is 4.79 Å². The number of hydrogen-bond acceptors (Lipinski definition) is 4. The van der Waals surface area contributed by atoms with Crippen LogP contribution in [0.5, 0.6) is 0 Å². The van der Waals surface area contributed by atoms with Gasteiger partial charge in [0.2, 0.25) is 0 Å². The average molecular weight is 194 g/mol. The van der Waals surface area contributed by atoms with Gasteiger partial charge in [-0.05, 0) is 11.3 Å². The molecule has 0 aromatic rings. The van der Waals surface area contributed by atoms with E-state index in [9.17, 15) is 4.79 Å². The van der Waals surface area contributed by atoms with E-state index in [1.807, 2.05) is 13.8 Å². The second kappa shape index (κ2) is 3.41.